The largest absolute Gasteiger partial charge is 1.00 e. The topological polar surface area (TPSA) is 392 Å². The van der Waals surface area contributed by atoms with Crippen molar-refractivity contribution in [3.63, 3.8) is 0 Å². The number of unbranched alkanes of at least 4 members (excludes halogenated alkanes) is 10. The Balaban J connectivity index is 0.000000513. The van der Waals surface area contributed by atoms with Gasteiger partial charge >= 0.3 is 37.7 Å². The maximum atomic E-state index is 12.4. The van der Waals surface area contributed by atoms with Crippen LogP contribution in [0.2, 0.25) is 0 Å². The second kappa shape index (κ2) is 88.1. The minimum absolute atomic E-state index is 0. The average Bonchev–Trinajstić information content (AvgIpc) is 0.832. The van der Waals surface area contributed by atoms with Crippen molar-refractivity contribution in [1.82, 2.24) is 0 Å². The van der Waals surface area contributed by atoms with Crippen LogP contribution in [-0.4, -0.2) is 348 Å². The molecule has 0 radical (unpaired) electrons. The number of ether oxygens (including phenoxy) is 22. The SMILES string of the molecule is CCCCCCCCS(=O)(=O)Nc1cccc2ccccc12.CCCCCCCCS(=O)(=O)[N-]c1cccc2ccccc12.COCCOCCOCCOCCOCCOCCOCCOCCOCCOCCOCCS(=O)(=O)Nc1cccc2ccccc12.COCCOCCOCCOCCOCCOCCOCCOCCOCCOCCOCCS(=O)(=O)[N-]c1cccc2ccccc12.[Li+].[Li+]. The molecule has 2 N–H and O–H groups in total. The first-order valence-electron chi connectivity index (χ1n) is 48.8. The van der Waals surface area contributed by atoms with Crippen LogP contribution in [0.1, 0.15) is 90.9 Å². The fourth-order valence-electron chi connectivity index (χ4n) is 12.9. The van der Waals surface area contributed by atoms with Crippen LogP contribution < -0.4 is 47.2 Å². The van der Waals surface area contributed by atoms with Gasteiger partial charge in [-0.25, -0.2) is 33.7 Å². The average molecular weight is 2060 g/mol. The minimum Gasteiger partial charge on any atom is -0.576 e. The van der Waals surface area contributed by atoms with Gasteiger partial charge in [-0.1, -0.05) is 236 Å². The van der Waals surface area contributed by atoms with E-state index in [2.05, 4.69) is 32.7 Å². The number of hydrogen-bond acceptors (Lipinski definition) is 30. The Morgan fingerprint density at radius 1 is 0.204 bits per heavy atom. The molecular weight excluding hydrogens is 1900 g/mol. The summed E-state index contributed by atoms with van der Waals surface area (Å²) in [5.74, 6) is -0.00172. The third-order valence-electron chi connectivity index (χ3n) is 20.2. The maximum absolute atomic E-state index is 12.4. The van der Waals surface area contributed by atoms with Crippen LogP contribution in [0, 0.1) is 0 Å². The molecular formula is C102H158Li2N4O30S4. The first-order chi connectivity index (χ1) is 68.5. The molecule has 0 aliphatic heterocycles. The Kier molecular flexibility index (Phi) is 80.8. The summed E-state index contributed by atoms with van der Waals surface area (Å²) in [4.78, 5) is 0. The number of rotatable bonds is 88. The number of nitrogens with one attached hydrogen (secondary N) is 2. The molecule has 0 amide bonds. The summed E-state index contributed by atoms with van der Waals surface area (Å²) >= 11 is 0. The van der Waals surface area contributed by atoms with Gasteiger partial charge in [0.25, 0.3) is 0 Å². The molecule has 0 aromatic heterocycles. The number of methoxy groups -OCH3 is 2. The number of sulfonamides is 4. The summed E-state index contributed by atoms with van der Waals surface area (Å²) in [7, 11) is -10.6. The Bertz CT molecular complexity index is 4520. The molecule has 0 saturated carbocycles. The van der Waals surface area contributed by atoms with E-state index in [4.69, 9.17) is 104 Å². The van der Waals surface area contributed by atoms with Crippen molar-refractivity contribution in [3.8, 4) is 0 Å². The standard InChI is InChI=1S/C33H55NO13S.C33H54NO13S.C18H25NO2S.C18H24NO2S.2Li/c2*1-37-9-10-38-11-12-39-13-14-40-15-16-41-17-18-42-19-20-43-21-22-44-23-24-45-25-26-46-27-28-47-29-30-48(35,36)34-33-8-4-6-31-5-2-3-7-32(31)33;2*1-2-3-4-5-6-9-15-22(20,21)19-18-14-10-12-16-11-7-8-13-17(16)18;;/h2-8,34H,9-30H2,1H3;2-8H,9-30H2,1H3;7-8,10-14,19H,2-6,9,15H2,1H3;7-8,10-14H,2-6,9,15H2,1H3;;/q;-1;;-1;2*+1. The van der Waals surface area contributed by atoms with E-state index in [1.807, 2.05) is 146 Å². The van der Waals surface area contributed by atoms with Gasteiger partial charge in [-0.3, -0.25) is 9.44 Å². The van der Waals surface area contributed by atoms with E-state index >= 15 is 0 Å². The smallest absolute Gasteiger partial charge is 0.576 e. The van der Waals surface area contributed by atoms with Crippen molar-refractivity contribution in [1.29, 1.82) is 0 Å². The summed E-state index contributed by atoms with van der Waals surface area (Å²) in [6.45, 7) is 23.7. The van der Waals surface area contributed by atoms with E-state index in [9.17, 15) is 33.7 Å². The van der Waals surface area contributed by atoms with Crippen molar-refractivity contribution in [2.24, 2.45) is 0 Å². The van der Waals surface area contributed by atoms with Crippen LogP contribution in [0.3, 0.4) is 0 Å². The summed E-state index contributed by atoms with van der Waals surface area (Å²) in [5, 5.41) is 7.44. The Morgan fingerprint density at radius 3 is 0.676 bits per heavy atom. The monoisotopic (exact) mass is 2060 g/mol. The Hall–Kier alpha value is -5.89. The van der Waals surface area contributed by atoms with Gasteiger partial charge in [0.05, 0.1) is 326 Å². The molecule has 142 heavy (non-hydrogen) atoms. The summed E-state index contributed by atoms with van der Waals surface area (Å²) in [6, 6.07) is 52.9. The zero-order valence-corrected chi connectivity index (χ0v) is 88.2. The van der Waals surface area contributed by atoms with E-state index in [1.165, 1.54) is 38.5 Å². The fraction of sp³-hybridized carbons (Fsp3) is 0.608. The van der Waals surface area contributed by atoms with E-state index in [1.54, 1.807) is 38.5 Å². The summed E-state index contributed by atoms with van der Waals surface area (Å²) < 4.78 is 230. The van der Waals surface area contributed by atoms with Crippen LogP contribution in [0.5, 0.6) is 0 Å². The Morgan fingerprint density at radius 2 is 0.401 bits per heavy atom. The van der Waals surface area contributed by atoms with Crippen molar-refractivity contribution in [2.75, 3.05) is 324 Å². The molecule has 792 valence electrons. The van der Waals surface area contributed by atoms with Crippen molar-refractivity contribution < 1.29 is 176 Å². The second-order valence-electron chi connectivity index (χ2n) is 31.4. The van der Waals surface area contributed by atoms with Gasteiger partial charge in [0.15, 0.2) is 0 Å². The van der Waals surface area contributed by atoms with Gasteiger partial charge in [-0.15, -0.1) is 11.4 Å². The molecule has 8 aromatic rings. The van der Waals surface area contributed by atoms with E-state index in [-0.39, 0.29) is 80.6 Å². The number of anilines is 2. The fourth-order valence-corrected chi connectivity index (χ4v) is 17.1. The molecule has 0 atom stereocenters. The maximum Gasteiger partial charge on any atom is 1.00 e. The van der Waals surface area contributed by atoms with E-state index in [0.29, 0.717) is 287 Å². The number of benzene rings is 8. The summed E-state index contributed by atoms with van der Waals surface area (Å²) in [6.07, 6.45) is 12.9. The molecule has 0 bridgehead atoms. The molecule has 0 heterocycles. The molecule has 34 nitrogen and oxygen atoms in total. The van der Waals surface area contributed by atoms with E-state index in [0.717, 1.165) is 75.2 Å². The van der Waals surface area contributed by atoms with Crippen LogP contribution in [-0.2, 0) is 144 Å². The van der Waals surface area contributed by atoms with Gasteiger partial charge < -0.3 is 114 Å². The van der Waals surface area contributed by atoms with Gasteiger partial charge in [0, 0.05) is 30.7 Å². The van der Waals surface area contributed by atoms with Gasteiger partial charge in [-0.05, 0) is 57.3 Å². The molecule has 0 fully saturated rings. The van der Waals surface area contributed by atoms with Gasteiger partial charge in [-0.2, -0.15) is 0 Å². The molecule has 0 unspecified atom stereocenters. The van der Waals surface area contributed by atoms with Crippen LogP contribution in [0.15, 0.2) is 170 Å². The molecule has 8 rings (SSSR count). The number of hydrogen-bond donors (Lipinski definition) is 2. The molecule has 0 aliphatic rings. The number of fused-ring (bicyclic) bond motifs is 4. The zero-order chi connectivity index (χ0) is 100. The van der Waals surface area contributed by atoms with Gasteiger partial charge in [0.1, 0.15) is 0 Å². The van der Waals surface area contributed by atoms with Gasteiger partial charge in [0.2, 0.25) is 20.0 Å². The second-order valence-corrected chi connectivity index (χ2v) is 38.6. The van der Waals surface area contributed by atoms with E-state index < -0.39 is 40.1 Å². The third-order valence-corrected chi connectivity index (χ3v) is 25.2. The van der Waals surface area contributed by atoms with Crippen molar-refractivity contribution >= 4 is 106 Å². The number of nitrogens with zero attached hydrogens (tertiary/aromatic N) is 2. The summed E-state index contributed by atoms with van der Waals surface area (Å²) in [5.41, 5.74) is 2.21. The predicted molar refractivity (Wildman–Crippen MR) is 551 cm³/mol. The van der Waals surface area contributed by atoms with Crippen molar-refractivity contribution in [3.05, 3.63) is 179 Å². The molecule has 0 saturated heterocycles. The molecule has 40 heteroatoms. The normalized spacial score (nSPS) is 11.6. The first-order valence-corrected chi connectivity index (χ1v) is 55.4. The Labute approximate surface area is 869 Å². The molecule has 0 spiro atoms. The zero-order valence-electron chi connectivity index (χ0n) is 85.0. The minimum atomic E-state index is -3.66. The first kappa shape index (κ1) is 130. The van der Waals surface area contributed by atoms with Crippen molar-refractivity contribution in [2.45, 2.75) is 90.9 Å². The third kappa shape index (κ3) is 68.6. The van der Waals surface area contributed by atoms with Crippen LogP contribution >= 0.6 is 0 Å². The quantitative estimate of drug-likeness (QED) is 0.0264. The predicted octanol–water partition coefficient (Wildman–Crippen LogP) is 9.87. The van der Waals surface area contributed by atoms with Crippen LogP contribution in [0.25, 0.3) is 52.5 Å². The molecule has 8 aromatic carbocycles. The molecule has 0 aliphatic carbocycles. The van der Waals surface area contributed by atoms with Crippen LogP contribution in [0.4, 0.5) is 22.7 Å².